The molecule has 2 fully saturated rings. The third-order valence-electron chi connectivity index (χ3n) is 3.44. The van der Waals surface area contributed by atoms with Crippen LogP contribution < -0.4 is 0 Å². The largest absolute Gasteiger partial charge is 0.306 e. The summed E-state index contributed by atoms with van der Waals surface area (Å²) in [6.45, 7) is 10.4. The van der Waals surface area contributed by atoms with Crippen molar-refractivity contribution < 1.29 is 0 Å². The highest BCUT2D eigenvalue weighted by Crippen LogP contribution is 2.29. The Balaban J connectivity index is 1.78. The molecule has 0 aromatic rings. The van der Waals surface area contributed by atoms with Crippen LogP contribution in [0.2, 0.25) is 0 Å². The van der Waals surface area contributed by atoms with Gasteiger partial charge >= 0.3 is 0 Å². The normalized spacial score (nSPS) is 31.7. The third-order valence-corrected chi connectivity index (χ3v) is 3.44. The second-order valence-corrected chi connectivity index (χ2v) is 5.41. The summed E-state index contributed by atoms with van der Waals surface area (Å²) in [5.74, 6) is 8.87. The highest BCUT2D eigenvalue weighted by molar-refractivity contribution is 5.05. The van der Waals surface area contributed by atoms with Gasteiger partial charge in [-0.05, 0) is 18.9 Å². The van der Waals surface area contributed by atoms with Gasteiger partial charge in [0.1, 0.15) is 0 Å². The van der Waals surface area contributed by atoms with Gasteiger partial charge in [0.2, 0.25) is 0 Å². The molecule has 2 aliphatic heterocycles. The van der Waals surface area contributed by atoms with Crippen LogP contribution in [0.15, 0.2) is 0 Å². The summed E-state index contributed by atoms with van der Waals surface area (Å²) < 4.78 is 0. The van der Waals surface area contributed by atoms with Crippen LogP contribution in [0.1, 0.15) is 13.8 Å². The maximum Gasteiger partial charge on any atom is 0.0601 e. The van der Waals surface area contributed by atoms with E-state index in [-0.39, 0.29) is 0 Å². The molecule has 0 bridgehead atoms. The van der Waals surface area contributed by atoms with Crippen LogP contribution in [-0.2, 0) is 0 Å². The average Bonchev–Trinajstić information content (AvgIpc) is 2.60. The Bertz CT molecular complexity index is 260. The molecule has 84 valence electrons. The van der Waals surface area contributed by atoms with E-state index in [1.165, 1.54) is 26.2 Å². The predicted octanol–water partition coefficient (Wildman–Crippen LogP) is 1.14. The Morgan fingerprint density at radius 2 is 1.73 bits per heavy atom. The first kappa shape index (κ1) is 11.0. The predicted molar refractivity (Wildman–Crippen MR) is 63.5 cm³/mol. The van der Waals surface area contributed by atoms with E-state index in [4.69, 9.17) is 0 Å². The van der Waals surface area contributed by atoms with Crippen molar-refractivity contribution in [1.29, 1.82) is 0 Å². The van der Waals surface area contributed by atoms with Crippen LogP contribution >= 0.6 is 0 Å². The third kappa shape index (κ3) is 2.74. The van der Waals surface area contributed by atoms with Crippen LogP contribution in [0.4, 0.5) is 0 Å². The van der Waals surface area contributed by atoms with E-state index in [2.05, 4.69) is 42.5 Å². The highest BCUT2D eigenvalue weighted by Gasteiger charge is 2.37. The molecule has 2 heteroatoms. The van der Waals surface area contributed by atoms with E-state index >= 15 is 0 Å². The minimum atomic E-state index is 0.512. The number of hydrogen-bond acceptors (Lipinski definition) is 2. The maximum atomic E-state index is 3.29. The van der Waals surface area contributed by atoms with Gasteiger partial charge in [-0.3, -0.25) is 4.90 Å². The summed E-state index contributed by atoms with van der Waals surface area (Å²) in [4.78, 5) is 4.99. The molecule has 0 radical (unpaired) electrons. The zero-order valence-corrected chi connectivity index (χ0v) is 10.2. The van der Waals surface area contributed by atoms with Crippen LogP contribution in [0, 0.1) is 29.6 Å². The standard InChI is InChI=1S/C13H22N2/c1-11(2)5-4-6-15-9-12-7-14(3)8-13(12)10-15/h11-13H,6-10H2,1-3H3. The first-order valence-corrected chi connectivity index (χ1v) is 6.04. The summed E-state index contributed by atoms with van der Waals surface area (Å²) >= 11 is 0. The summed E-state index contributed by atoms with van der Waals surface area (Å²) in [6.07, 6.45) is 0. The quantitative estimate of drug-likeness (QED) is 0.594. The number of hydrogen-bond donors (Lipinski definition) is 0. The number of fused-ring (bicyclic) bond motifs is 1. The van der Waals surface area contributed by atoms with Gasteiger partial charge in [-0.1, -0.05) is 25.7 Å². The molecule has 0 aromatic carbocycles. The monoisotopic (exact) mass is 206 g/mol. The maximum absolute atomic E-state index is 3.29. The van der Waals surface area contributed by atoms with E-state index in [9.17, 15) is 0 Å². The molecule has 2 rings (SSSR count). The van der Waals surface area contributed by atoms with Crippen molar-refractivity contribution in [2.75, 3.05) is 39.8 Å². The molecular formula is C13H22N2. The van der Waals surface area contributed by atoms with Crippen molar-refractivity contribution in [2.45, 2.75) is 13.8 Å². The number of nitrogens with zero attached hydrogens (tertiary/aromatic N) is 2. The van der Waals surface area contributed by atoms with Gasteiger partial charge in [0.25, 0.3) is 0 Å². The van der Waals surface area contributed by atoms with Crippen LogP contribution in [0.25, 0.3) is 0 Å². The first-order valence-electron chi connectivity index (χ1n) is 6.04. The topological polar surface area (TPSA) is 6.48 Å². The minimum Gasteiger partial charge on any atom is -0.306 e. The molecule has 2 unspecified atom stereocenters. The lowest BCUT2D eigenvalue weighted by molar-refractivity contribution is 0.301. The van der Waals surface area contributed by atoms with E-state index in [1.807, 2.05) is 0 Å². The Hall–Kier alpha value is -0.520. The molecule has 2 aliphatic rings. The summed E-state index contributed by atoms with van der Waals surface area (Å²) in [7, 11) is 2.24. The van der Waals surface area contributed by atoms with Crippen LogP contribution in [-0.4, -0.2) is 49.6 Å². The lowest BCUT2D eigenvalue weighted by Crippen LogP contribution is -2.27. The zero-order chi connectivity index (χ0) is 10.8. The zero-order valence-electron chi connectivity index (χ0n) is 10.2. The van der Waals surface area contributed by atoms with Gasteiger partial charge in [-0.15, -0.1) is 0 Å². The number of rotatable bonds is 1. The molecule has 0 N–H and O–H groups in total. The molecule has 0 aromatic heterocycles. The van der Waals surface area contributed by atoms with Gasteiger partial charge in [0.05, 0.1) is 6.54 Å². The van der Waals surface area contributed by atoms with Crippen LogP contribution in [0.5, 0.6) is 0 Å². The molecule has 0 spiro atoms. The lowest BCUT2D eigenvalue weighted by atomic mass is 10.0. The molecule has 0 aliphatic carbocycles. The fourth-order valence-corrected chi connectivity index (χ4v) is 2.82. The summed E-state index contributed by atoms with van der Waals surface area (Å²) in [6, 6.07) is 0. The van der Waals surface area contributed by atoms with Crippen LogP contribution in [0.3, 0.4) is 0 Å². The second-order valence-electron chi connectivity index (χ2n) is 5.41. The first-order chi connectivity index (χ1) is 7.15. The molecule has 2 nitrogen and oxygen atoms in total. The molecular weight excluding hydrogens is 184 g/mol. The Kier molecular flexibility index (Phi) is 3.33. The smallest absolute Gasteiger partial charge is 0.0601 e. The van der Waals surface area contributed by atoms with E-state index in [0.29, 0.717) is 5.92 Å². The van der Waals surface area contributed by atoms with Crippen molar-refractivity contribution in [2.24, 2.45) is 17.8 Å². The molecule has 2 saturated heterocycles. The van der Waals surface area contributed by atoms with Crippen molar-refractivity contribution in [3.63, 3.8) is 0 Å². The number of likely N-dealkylation sites (tertiary alicyclic amines) is 2. The van der Waals surface area contributed by atoms with Gasteiger partial charge < -0.3 is 4.90 Å². The second kappa shape index (κ2) is 4.55. The van der Waals surface area contributed by atoms with Gasteiger partial charge in [0.15, 0.2) is 0 Å². The van der Waals surface area contributed by atoms with E-state index < -0.39 is 0 Å². The average molecular weight is 206 g/mol. The Morgan fingerprint density at radius 1 is 1.13 bits per heavy atom. The summed E-state index contributed by atoms with van der Waals surface area (Å²) in [5.41, 5.74) is 0. The molecule has 0 amide bonds. The van der Waals surface area contributed by atoms with Crippen molar-refractivity contribution in [3.05, 3.63) is 0 Å². The van der Waals surface area contributed by atoms with E-state index in [1.54, 1.807) is 0 Å². The highest BCUT2D eigenvalue weighted by atomic mass is 15.2. The SMILES string of the molecule is CC(C)C#CCN1CC2CN(C)CC2C1. The Morgan fingerprint density at radius 3 is 2.27 bits per heavy atom. The lowest BCUT2D eigenvalue weighted by Gasteiger charge is -2.15. The van der Waals surface area contributed by atoms with Crippen molar-refractivity contribution in [1.82, 2.24) is 9.80 Å². The van der Waals surface area contributed by atoms with Gasteiger partial charge in [0, 0.05) is 32.1 Å². The summed E-state index contributed by atoms with van der Waals surface area (Å²) in [5, 5.41) is 0. The fourth-order valence-electron chi connectivity index (χ4n) is 2.82. The molecule has 0 saturated carbocycles. The molecule has 2 atom stereocenters. The van der Waals surface area contributed by atoms with Crippen molar-refractivity contribution in [3.8, 4) is 11.8 Å². The van der Waals surface area contributed by atoms with Gasteiger partial charge in [-0.25, -0.2) is 0 Å². The Labute approximate surface area is 93.6 Å². The van der Waals surface area contributed by atoms with E-state index in [0.717, 1.165) is 18.4 Å². The molecule has 15 heavy (non-hydrogen) atoms. The fraction of sp³-hybridized carbons (Fsp3) is 0.846. The molecule has 2 heterocycles. The van der Waals surface area contributed by atoms with Gasteiger partial charge in [-0.2, -0.15) is 0 Å². The van der Waals surface area contributed by atoms with Crippen molar-refractivity contribution >= 4 is 0 Å². The minimum absolute atomic E-state index is 0.512.